The summed E-state index contributed by atoms with van der Waals surface area (Å²) in [6.07, 6.45) is 3.22. The molecule has 1 aromatic rings. The number of carbonyl (C=O) groups is 4. The standard InChI is InChI=1S/C19H33N7O6/c1-10(16(28)25-14(19(31)32)7-12-8-22-9-23-12)24-18(30)15(11(2)27)26-17(29)13(21)5-3-4-6-20/h8-11,13-15,27H,3-7,20-21H2,1-2H3,(H,22,23)(H,24,30)(H,25,28)(H,26,29)(H,31,32). The van der Waals surface area contributed by atoms with E-state index < -0.39 is 54.0 Å². The summed E-state index contributed by atoms with van der Waals surface area (Å²) in [4.78, 5) is 55.2. The maximum atomic E-state index is 12.5. The van der Waals surface area contributed by atoms with Gasteiger partial charge in [0, 0.05) is 18.3 Å². The molecule has 0 radical (unpaired) electrons. The molecule has 0 spiro atoms. The summed E-state index contributed by atoms with van der Waals surface area (Å²) in [6.45, 7) is 3.12. The van der Waals surface area contributed by atoms with Gasteiger partial charge in [0.1, 0.15) is 18.1 Å². The van der Waals surface area contributed by atoms with Gasteiger partial charge in [-0.25, -0.2) is 9.78 Å². The van der Waals surface area contributed by atoms with Crippen LogP contribution in [0, 0.1) is 0 Å². The zero-order chi connectivity index (χ0) is 24.3. The van der Waals surface area contributed by atoms with E-state index in [1.165, 1.54) is 26.4 Å². The lowest BCUT2D eigenvalue weighted by Crippen LogP contribution is -2.59. The average Bonchev–Trinajstić information content (AvgIpc) is 3.23. The average molecular weight is 456 g/mol. The Morgan fingerprint density at radius 1 is 1.09 bits per heavy atom. The Kier molecular flexibility index (Phi) is 11.3. The molecule has 3 amide bonds. The molecule has 0 saturated carbocycles. The molecule has 0 aliphatic heterocycles. The van der Waals surface area contributed by atoms with Gasteiger partial charge in [-0.05, 0) is 33.2 Å². The molecule has 13 nitrogen and oxygen atoms in total. The minimum Gasteiger partial charge on any atom is -0.480 e. The first kappa shape index (κ1) is 27.0. The van der Waals surface area contributed by atoms with Crippen LogP contribution in [-0.4, -0.2) is 80.7 Å². The summed E-state index contributed by atoms with van der Waals surface area (Å²) in [5.41, 5.74) is 11.7. The molecule has 0 fully saturated rings. The van der Waals surface area contributed by atoms with Gasteiger partial charge in [0.05, 0.1) is 18.5 Å². The summed E-state index contributed by atoms with van der Waals surface area (Å²) in [5, 5.41) is 26.3. The number of carboxylic acid groups (broad SMARTS) is 1. The first-order valence-corrected chi connectivity index (χ1v) is 10.3. The van der Waals surface area contributed by atoms with Crippen molar-refractivity contribution in [1.29, 1.82) is 0 Å². The van der Waals surface area contributed by atoms with Gasteiger partial charge in [0.25, 0.3) is 0 Å². The minimum atomic E-state index is -1.35. The topological polar surface area (TPSA) is 226 Å². The van der Waals surface area contributed by atoms with Gasteiger partial charge in [-0.1, -0.05) is 6.42 Å². The molecule has 1 rings (SSSR count). The smallest absolute Gasteiger partial charge is 0.326 e. The molecule has 180 valence electrons. The number of carbonyl (C=O) groups excluding carboxylic acids is 3. The highest BCUT2D eigenvalue weighted by Gasteiger charge is 2.30. The van der Waals surface area contributed by atoms with Gasteiger partial charge in [-0.15, -0.1) is 0 Å². The van der Waals surface area contributed by atoms with E-state index in [-0.39, 0.29) is 6.42 Å². The van der Waals surface area contributed by atoms with Gasteiger partial charge in [0.2, 0.25) is 17.7 Å². The van der Waals surface area contributed by atoms with Crippen molar-refractivity contribution in [2.24, 2.45) is 11.5 Å². The van der Waals surface area contributed by atoms with Crippen molar-refractivity contribution in [3.63, 3.8) is 0 Å². The van der Waals surface area contributed by atoms with Crippen molar-refractivity contribution < 1.29 is 29.4 Å². The SMILES string of the molecule is CC(NC(=O)C(NC(=O)C(N)CCCCN)C(C)O)C(=O)NC(Cc1cnc[nH]1)C(=O)O. The van der Waals surface area contributed by atoms with Gasteiger partial charge in [-0.3, -0.25) is 14.4 Å². The second-order valence-corrected chi connectivity index (χ2v) is 7.53. The Hall–Kier alpha value is -3.03. The molecule has 0 aliphatic rings. The third kappa shape index (κ3) is 8.99. The van der Waals surface area contributed by atoms with Crippen molar-refractivity contribution >= 4 is 23.7 Å². The van der Waals surface area contributed by atoms with Gasteiger partial charge < -0.3 is 42.6 Å². The maximum Gasteiger partial charge on any atom is 0.326 e. The van der Waals surface area contributed by atoms with Crippen LogP contribution in [0.1, 0.15) is 38.8 Å². The van der Waals surface area contributed by atoms with Gasteiger partial charge in [0.15, 0.2) is 0 Å². The van der Waals surface area contributed by atoms with E-state index in [1.807, 2.05) is 0 Å². The number of carboxylic acids is 1. The van der Waals surface area contributed by atoms with Crippen LogP contribution in [0.5, 0.6) is 0 Å². The number of nitrogens with two attached hydrogens (primary N) is 2. The van der Waals surface area contributed by atoms with Crippen LogP contribution >= 0.6 is 0 Å². The second kappa shape index (κ2) is 13.4. The van der Waals surface area contributed by atoms with Gasteiger partial charge >= 0.3 is 5.97 Å². The molecule has 32 heavy (non-hydrogen) atoms. The lowest BCUT2D eigenvalue weighted by molar-refractivity contribution is -0.142. The minimum absolute atomic E-state index is 0.0316. The first-order chi connectivity index (χ1) is 15.1. The number of aromatic amines is 1. The maximum absolute atomic E-state index is 12.5. The van der Waals surface area contributed by atoms with E-state index in [0.717, 1.165) is 0 Å². The van der Waals surface area contributed by atoms with Crippen molar-refractivity contribution in [3.8, 4) is 0 Å². The Morgan fingerprint density at radius 3 is 2.31 bits per heavy atom. The highest BCUT2D eigenvalue weighted by Crippen LogP contribution is 2.02. The fraction of sp³-hybridized carbons (Fsp3) is 0.632. The molecule has 0 saturated heterocycles. The predicted octanol–water partition coefficient (Wildman–Crippen LogP) is -2.65. The Balaban J connectivity index is 2.67. The van der Waals surface area contributed by atoms with E-state index in [1.54, 1.807) is 0 Å². The van der Waals surface area contributed by atoms with Crippen LogP contribution in [-0.2, 0) is 25.6 Å². The van der Waals surface area contributed by atoms with Crippen LogP contribution in [0.25, 0.3) is 0 Å². The molecule has 0 aliphatic carbocycles. The molecule has 0 bridgehead atoms. The number of H-pyrrole nitrogens is 1. The Morgan fingerprint density at radius 2 is 1.78 bits per heavy atom. The summed E-state index contributed by atoms with van der Waals surface area (Å²) >= 11 is 0. The lowest BCUT2D eigenvalue weighted by Gasteiger charge is -2.25. The highest BCUT2D eigenvalue weighted by molar-refractivity contribution is 5.94. The molecule has 1 heterocycles. The monoisotopic (exact) mass is 455 g/mol. The summed E-state index contributed by atoms with van der Waals surface area (Å²) in [5.74, 6) is -3.44. The van der Waals surface area contributed by atoms with Crippen LogP contribution in [0.2, 0.25) is 0 Å². The third-order valence-electron chi connectivity index (χ3n) is 4.71. The van der Waals surface area contributed by atoms with Crippen molar-refractivity contribution in [2.75, 3.05) is 6.54 Å². The van der Waals surface area contributed by atoms with Crippen molar-refractivity contribution in [3.05, 3.63) is 18.2 Å². The highest BCUT2D eigenvalue weighted by atomic mass is 16.4. The number of nitrogens with zero attached hydrogens (tertiary/aromatic N) is 1. The molecule has 10 N–H and O–H groups in total. The van der Waals surface area contributed by atoms with Crippen LogP contribution < -0.4 is 27.4 Å². The predicted molar refractivity (Wildman–Crippen MR) is 114 cm³/mol. The molecule has 0 aromatic carbocycles. The fourth-order valence-corrected chi connectivity index (χ4v) is 2.79. The second-order valence-electron chi connectivity index (χ2n) is 7.53. The largest absolute Gasteiger partial charge is 0.480 e. The molecular weight excluding hydrogens is 422 g/mol. The number of aliphatic hydroxyl groups is 1. The van der Waals surface area contributed by atoms with Crippen molar-refractivity contribution in [1.82, 2.24) is 25.9 Å². The quantitative estimate of drug-likeness (QED) is 0.137. The number of unbranched alkanes of at least 4 members (excludes halogenated alkanes) is 1. The number of imidazole rings is 1. The number of aliphatic hydroxyl groups excluding tert-OH is 1. The molecule has 13 heteroatoms. The van der Waals surface area contributed by atoms with Gasteiger partial charge in [-0.2, -0.15) is 0 Å². The number of hydrogen-bond acceptors (Lipinski definition) is 8. The molecule has 1 aromatic heterocycles. The van der Waals surface area contributed by atoms with E-state index in [2.05, 4.69) is 25.9 Å². The normalized spacial score (nSPS) is 15.7. The zero-order valence-corrected chi connectivity index (χ0v) is 18.2. The number of hydrogen-bond donors (Lipinski definition) is 8. The first-order valence-electron chi connectivity index (χ1n) is 10.3. The molecule has 5 unspecified atom stereocenters. The third-order valence-corrected chi connectivity index (χ3v) is 4.71. The summed E-state index contributed by atoms with van der Waals surface area (Å²) in [7, 11) is 0. The molecular formula is C19H33N7O6. The summed E-state index contributed by atoms with van der Waals surface area (Å²) < 4.78 is 0. The number of amides is 3. The lowest BCUT2D eigenvalue weighted by atomic mass is 10.1. The van der Waals surface area contributed by atoms with Crippen LogP contribution in [0.4, 0.5) is 0 Å². The Bertz CT molecular complexity index is 755. The molecule has 5 atom stereocenters. The van der Waals surface area contributed by atoms with E-state index in [0.29, 0.717) is 31.5 Å². The number of rotatable bonds is 14. The van der Waals surface area contributed by atoms with E-state index in [9.17, 15) is 29.4 Å². The van der Waals surface area contributed by atoms with Crippen molar-refractivity contribution in [2.45, 2.75) is 69.8 Å². The number of aliphatic carboxylic acids is 1. The van der Waals surface area contributed by atoms with Crippen LogP contribution in [0.15, 0.2) is 12.5 Å². The van der Waals surface area contributed by atoms with Crippen LogP contribution in [0.3, 0.4) is 0 Å². The fourth-order valence-electron chi connectivity index (χ4n) is 2.79. The number of nitrogens with one attached hydrogen (secondary N) is 4. The zero-order valence-electron chi connectivity index (χ0n) is 18.2. The summed E-state index contributed by atoms with van der Waals surface area (Å²) in [6, 6.07) is -4.61. The van der Waals surface area contributed by atoms with E-state index >= 15 is 0 Å². The Labute approximate surface area is 185 Å². The number of aromatic nitrogens is 2. The van der Waals surface area contributed by atoms with E-state index in [4.69, 9.17) is 11.5 Å².